The molecule has 24 heavy (non-hydrogen) atoms. The van der Waals surface area contributed by atoms with E-state index in [4.69, 9.17) is 0 Å². The minimum absolute atomic E-state index is 0.174. The average Bonchev–Trinajstić information content (AvgIpc) is 3.14. The van der Waals surface area contributed by atoms with Gasteiger partial charge in [-0.25, -0.2) is 8.42 Å². The molecule has 1 aromatic carbocycles. The predicted octanol–water partition coefficient (Wildman–Crippen LogP) is 1.54. The molecular weight excluding hydrogens is 326 g/mol. The number of hydrogen-bond donors (Lipinski definition) is 1. The van der Waals surface area contributed by atoms with E-state index in [9.17, 15) is 13.2 Å². The monoisotopic (exact) mass is 353 g/mol. The molecule has 1 fully saturated rings. The molecule has 1 heterocycles. The highest BCUT2D eigenvalue weighted by Crippen LogP contribution is 2.21. The number of benzene rings is 1. The molecule has 0 radical (unpaired) electrons. The van der Waals surface area contributed by atoms with Gasteiger partial charge < -0.3 is 10.2 Å². The van der Waals surface area contributed by atoms with Crippen LogP contribution in [-0.4, -0.2) is 62.8 Å². The van der Waals surface area contributed by atoms with Crippen molar-refractivity contribution in [3.8, 4) is 0 Å². The van der Waals surface area contributed by atoms with E-state index in [1.807, 2.05) is 0 Å². The summed E-state index contributed by atoms with van der Waals surface area (Å²) in [7, 11) is -3.42. The zero-order chi connectivity index (χ0) is 17.6. The van der Waals surface area contributed by atoms with E-state index >= 15 is 0 Å². The maximum Gasteiger partial charge on any atom is 0.251 e. The zero-order valence-electron chi connectivity index (χ0n) is 14.5. The van der Waals surface area contributed by atoms with Crippen molar-refractivity contribution in [2.75, 3.05) is 39.3 Å². The van der Waals surface area contributed by atoms with Crippen LogP contribution >= 0.6 is 0 Å². The lowest BCUT2D eigenvalue weighted by Crippen LogP contribution is -2.34. The fourth-order valence-electron chi connectivity index (χ4n) is 2.83. The van der Waals surface area contributed by atoms with Gasteiger partial charge in [0.15, 0.2) is 0 Å². The molecule has 1 aliphatic heterocycles. The topological polar surface area (TPSA) is 69.7 Å². The van der Waals surface area contributed by atoms with E-state index < -0.39 is 10.0 Å². The van der Waals surface area contributed by atoms with Crippen molar-refractivity contribution < 1.29 is 13.2 Å². The average molecular weight is 353 g/mol. The fraction of sp³-hybridized carbons (Fsp3) is 0.588. The number of hydrogen-bond acceptors (Lipinski definition) is 4. The first-order chi connectivity index (χ1) is 11.5. The molecule has 1 aliphatic rings. The van der Waals surface area contributed by atoms with E-state index in [-0.39, 0.29) is 10.8 Å². The fourth-order valence-corrected chi connectivity index (χ4v) is 4.34. The third-order valence-electron chi connectivity index (χ3n) is 4.43. The molecule has 6 nitrogen and oxygen atoms in total. The van der Waals surface area contributed by atoms with Crippen molar-refractivity contribution in [2.24, 2.45) is 0 Å². The van der Waals surface area contributed by atoms with Gasteiger partial charge in [-0.05, 0) is 50.2 Å². The lowest BCUT2D eigenvalue weighted by molar-refractivity contribution is 0.0949. The maximum absolute atomic E-state index is 12.4. The summed E-state index contributed by atoms with van der Waals surface area (Å²) in [5.41, 5.74) is 0.481. The van der Waals surface area contributed by atoms with E-state index in [0.717, 1.165) is 32.5 Å². The Morgan fingerprint density at radius 2 is 1.71 bits per heavy atom. The second-order valence-electron chi connectivity index (χ2n) is 5.92. The number of likely N-dealkylation sites (N-methyl/N-ethyl adjacent to an activating group) is 1. The van der Waals surface area contributed by atoms with Gasteiger partial charge in [0.1, 0.15) is 0 Å². The van der Waals surface area contributed by atoms with Crippen LogP contribution in [-0.2, 0) is 10.0 Å². The van der Waals surface area contributed by atoms with Crippen molar-refractivity contribution in [1.82, 2.24) is 14.5 Å². The molecule has 0 bridgehead atoms. The van der Waals surface area contributed by atoms with Gasteiger partial charge in [0.05, 0.1) is 4.90 Å². The van der Waals surface area contributed by atoms with Crippen LogP contribution in [0.4, 0.5) is 0 Å². The number of nitrogens with one attached hydrogen (secondary N) is 1. The smallest absolute Gasteiger partial charge is 0.251 e. The molecule has 1 N–H and O–H groups in total. The SMILES string of the molecule is CCN(CC)CCNC(=O)c1ccc(S(=O)(=O)N2CCCC2)cc1. The van der Waals surface area contributed by atoms with Crippen molar-refractivity contribution in [1.29, 1.82) is 0 Å². The van der Waals surface area contributed by atoms with Gasteiger partial charge in [-0.2, -0.15) is 4.31 Å². The van der Waals surface area contributed by atoms with Crippen LogP contribution < -0.4 is 5.32 Å². The van der Waals surface area contributed by atoms with Crippen LogP contribution in [0.15, 0.2) is 29.2 Å². The van der Waals surface area contributed by atoms with E-state index in [0.29, 0.717) is 25.2 Å². The van der Waals surface area contributed by atoms with Crippen molar-refractivity contribution in [3.05, 3.63) is 29.8 Å². The van der Waals surface area contributed by atoms with E-state index in [1.54, 1.807) is 12.1 Å². The molecule has 0 saturated carbocycles. The Bertz CT molecular complexity index is 634. The van der Waals surface area contributed by atoms with Crippen LogP contribution in [0.25, 0.3) is 0 Å². The van der Waals surface area contributed by atoms with Crippen molar-refractivity contribution in [2.45, 2.75) is 31.6 Å². The Kier molecular flexibility index (Phi) is 6.77. The third-order valence-corrected chi connectivity index (χ3v) is 6.34. The number of sulfonamides is 1. The van der Waals surface area contributed by atoms with Crippen LogP contribution in [0.2, 0.25) is 0 Å². The van der Waals surface area contributed by atoms with Crippen molar-refractivity contribution >= 4 is 15.9 Å². The van der Waals surface area contributed by atoms with Gasteiger partial charge in [-0.3, -0.25) is 4.79 Å². The summed E-state index contributed by atoms with van der Waals surface area (Å²) in [6.07, 6.45) is 1.82. The second-order valence-corrected chi connectivity index (χ2v) is 7.86. The number of amides is 1. The second kappa shape index (κ2) is 8.60. The number of nitrogens with zero attached hydrogens (tertiary/aromatic N) is 2. The maximum atomic E-state index is 12.4. The summed E-state index contributed by atoms with van der Waals surface area (Å²) in [5, 5.41) is 2.87. The number of rotatable bonds is 8. The van der Waals surface area contributed by atoms with Crippen LogP contribution in [0, 0.1) is 0 Å². The first-order valence-corrected chi connectivity index (χ1v) is 10.0. The van der Waals surface area contributed by atoms with E-state index in [1.165, 1.54) is 16.4 Å². The summed E-state index contributed by atoms with van der Waals surface area (Å²) >= 11 is 0. The summed E-state index contributed by atoms with van der Waals surface area (Å²) in [6, 6.07) is 6.20. The molecule has 2 rings (SSSR count). The molecule has 0 aromatic heterocycles. The van der Waals surface area contributed by atoms with Gasteiger partial charge in [0, 0.05) is 31.7 Å². The molecule has 1 amide bonds. The van der Waals surface area contributed by atoms with Gasteiger partial charge in [0.2, 0.25) is 10.0 Å². The molecule has 0 spiro atoms. The van der Waals surface area contributed by atoms with Gasteiger partial charge >= 0.3 is 0 Å². The number of carbonyl (C=O) groups excluding carboxylic acids is 1. The summed E-state index contributed by atoms with van der Waals surface area (Å²) in [4.78, 5) is 14.6. The van der Waals surface area contributed by atoms with Gasteiger partial charge in [-0.15, -0.1) is 0 Å². The normalized spacial score (nSPS) is 15.8. The van der Waals surface area contributed by atoms with Crippen LogP contribution in [0.5, 0.6) is 0 Å². The predicted molar refractivity (Wildman–Crippen MR) is 94.6 cm³/mol. The Balaban J connectivity index is 1.95. The Labute approximate surface area is 144 Å². The highest BCUT2D eigenvalue weighted by atomic mass is 32.2. The van der Waals surface area contributed by atoms with Crippen LogP contribution in [0.3, 0.4) is 0 Å². The molecule has 1 saturated heterocycles. The Morgan fingerprint density at radius 3 is 2.25 bits per heavy atom. The first-order valence-electron chi connectivity index (χ1n) is 8.59. The third kappa shape index (κ3) is 4.55. The lowest BCUT2D eigenvalue weighted by Gasteiger charge is -2.18. The molecule has 0 unspecified atom stereocenters. The summed E-state index contributed by atoms with van der Waals surface area (Å²) < 4.78 is 26.4. The lowest BCUT2D eigenvalue weighted by atomic mass is 10.2. The molecule has 0 aliphatic carbocycles. The summed E-state index contributed by atoms with van der Waals surface area (Å²) in [5.74, 6) is -0.174. The first kappa shape index (κ1) is 18.9. The molecule has 0 atom stereocenters. The van der Waals surface area contributed by atoms with Crippen LogP contribution in [0.1, 0.15) is 37.0 Å². The molecule has 134 valence electrons. The molecule has 7 heteroatoms. The largest absolute Gasteiger partial charge is 0.351 e. The minimum atomic E-state index is -3.42. The molecular formula is C17H27N3O3S. The number of carbonyl (C=O) groups is 1. The van der Waals surface area contributed by atoms with Gasteiger partial charge in [0.25, 0.3) is 5.91 Å². The van der Waals surface area contributed by atoms with Gasteiger partial charge in [-0.1, -0.05) is 13.8 Å². The van der Waals surface area contributed by atoms with Crippen molar-refractivity contribution in [3.63, 3.8) is 0 Å². The highest BCUT2D eigenvalue weighted by molar-refractivity contribution is 7.89. The van der Waals surface area contributed by atoms with E-state index in [2.05, 4.69) is 24.1 Å². The Hall–Kier alpha value is -1.44. The standard InChI is InChI=1S/C17H27N3O3S/c1-3-19(4-2)14-11-18-17(21)15-7-9-16(10-8-15)24(22,23)20-12-5-6-13-20/h7-10H,3-6,11-14H2,1-2H3,(H,18,21). The molecule has 1 aromatic rings. The Morgan fingerprint density at radius 1 is 1.12 bits per heavy atom. The summed E-state index contributed by atoms with van der Waals surface area (Å²) in [6.45, 7) is 8.63. The minimum Gasteiger partial charge on any atom is -0.351 e. The highest BCUT2D eigenvalue weighted by Gasteiger charge is 2.27. The quantitative estimate of drug-likeness (QED) is 0.770. The zero-order valence-corrected chi connectivity index (χ0v) is 15.3.